The second-order valence-corrected chi connectivity index (χ2v) is 8.02. The molecule has 2 aliphatic heterocycles. The van der Waals surface area contributed by atoms with Gasteiger partial charge in [0.15, 0.2) is 23.0 Å². The summed E-state index contributed by atoms with van der Waals surface area (Å²) >= 11 is 0. The summed E-state index contributed by atoms with van der Waals surface area (Å²) in [5.41, 5.74) is 2.03. The second-order valence-electron chi connectivity index (χ2n) is 6.08. The summed E-state index contributed by atoms with van der Waals surface area (Å²) in [6.07, 6.45) is 0.624. The molecule has 0 saturated heterocycles. The van der Waals surface area contributed by atoms with E-state index < -0.39 is 10.0 Å². The molecular formula is C18H19NO6S. The fraction of sp³-hybridized carbons (Fsp3) is 0.333. The molecule has 2 aromatic carbocycles. The number of benzene rings is 2. The van der Waals surface area contributed by atoms with Crippen LogP contribution in [0.25, 0.3) is 0 Å². The van der Waals surface area contributed by atoms with Crippen LogP contribution in [0.3, 0.4) is 0 Å². The molecule has 138 valence electrons. The first-order chi connectivity index (χ1) is 12.5. The van der Waals surface area contributed by atoms with Gasteiger partial charge >= 0.3 is 0 Å². The Balaban J connectivity index is 1.65. The summed E-state index contributed by atoms with van der Waals surface area (Å²) in [5.74, 6) is 2.26. The maximum Gasteiger partial charge on any atom is 0.243 e. The van der Waals surface area contributed by atoms with E-state index in [1.807, 2.05) is 12.1 Å². The number of sulfonamides is 1. The first kappa shape index (κ1) is 17.0. The molecule has 7 nitrogen and oxygen atoms in total. The molecule has 0 N–H and O–H groups in total. The molecule has 2 aromatic rings. The van der Waals surface area contributed by atoms with Crippen LogP contribution in [0.2, 0.25) is 0 Å². The van der Waals surface area contributed by atoms with Crippen molar-refractivity contribution in [2.24, 2.45) is 0 Å². The van der Waals surface area contributed by atoms with Crippen molar-refractivity contribution in [3.63, 3.8) is 0 Å². The van der Waals surface area contributed by atoms with E-state index >= 15 is 0 Å². The Hall–Kier alpha value is -2.45. The number of fused-ring (bicyclic) bond motifs is 2. The summed E-state index contributed by atoms with van der Waals surface area (Å²) in [4.78, 5) is 0.180. The van der Waals surface area contributed by atoms with Gasteiger partial charge in [-0.05, 0) is 41.8 Å². The molecule has 0 atom stereocenters. The van der Waals surface area contributed by atoms with Crippen molar-refractivity contribution in [3.05, 3.63) is 41.5 Å². The normalized spacial score (nSPS) is 16.2. The smallest absolute Gasteiger partial charge is 0.243 e. The molecule has 0 spiro atoms. The summed E-state index contributed by atoms with van der Waals surface area (Å²) in [6.45, 7) is 0.901. The minimum Gasteiger partial charge on any atom is -0.493 e. The molecule has 26 heavy (non-hydrogen) atoms. The van der Waals surface area contributed by atoms with Crippen molar-refractivity contribution < 1.29 is 27.4 Å². The Kier molecular flexibility index (Phi) is 4.16. The maximum absolute atomic E-state index is 13.1. The predicted octanol–water partition coefficient (Wildman–Crippen LogP) is 2.18. The number of methoxy groups -OCH3 is 2. The number of nitrogens with zero attached hydrogens (tertiary/aromatic N) is 1. The quantitative estimate of drug-likeness (QED) is 0.813. The molecular weight excluding hydrogens is 358 g/mol. The Labute approximate surface area is 152 Å². The largest absolute Gasteiger partial charge is 0.493 e. The lowest BCUT2D eigenvalue weighted by atomic mass is 10.0. The highest BCUT2D eigenvalue weighted by Crippen LogP contribution is 2.38. The van der Waals surface area contributed by atoms with Crippen LogP contribution in [0.4, 0.5) is 0 Å². The van der Waals surface area contributed by atoms with Gasteiger partial charge in [0, 0.05) is 19.2 Å². The third-order valence-corrected chi connectivity index (χ3v) is 6.51. The van der Waals surface area contributed by atoms with Crippen molar-refractivity contribution in [3.8, 4) is 23.0 Å². The SMILES string of the molecule is COc1ccc(S(=O)(=O)N2CCc3cc4c(cc3C2)OCO4)cc1OC. The molecule has 0 aromatic heterocycles. The third kappa shape index (κ3) is 2.75. The summed E-state index contributed by atoms with van der Waals surface area (Å²) < 4.78 is 48.8. The lowest BCUT2D eigenvalue weighted by molar-refractivity contribution is 0.174. The van der Waals surface area contributed by atoms with Gasteiger partial charge in [-0.1, -0.05) is 0 Å². The van der Waals surface area contributed by atoms with Crippen molar-refractivity contribution in [2.45, 2.75) is 17.9 Å². The molecule has 4 rings (SSSR count). The zero-order valence-corrected chi connectivity index (χ0v) is 15.3. The zero-order valence-electron chi connectivity index (χ0n) is 14.5. The molecule has 0 aliphatic carbocycles. The van der Waals surface area contributed by atoms with Crippen LogP contribution in [0.15, 0.2) is 35.2 Å². The molecule has 0 saturated carbocycles. The number of ether oxygens (including phenoxy) is 4. The van der Waals surface area contributed by atoms with E-state index in [2.05, 4.69) is 0 Å². The summed E-state index contributed by atoms with van der Waals surface area (Å²) in [6, 6.07) is 8.43. The summed E-state index contributed by atoms with van der Waals surface area (Å²) in [5, 5.41) is 0. The third-order valence-electron chi connectivity index (χ3n) is 4.66. The molecule has 2 aliphatic rings. The minimum atomic E-state index is -3.65. The molecule has 2 heterocycles. The van der Waals surface area contributed by atoms with E-state index in [0.29, 0.717) is 36.8 Å². The highest BCUT2D eigenvalue weighted by Gasteiger charge is 2.30. The Morgan fingerprint density at radius 1 is 0.962 bits per heavy atom. The minimum absolute atomic E-state index is 0.180. The van der Waals surface area contributed by atoms with E-state index in [9.17, 15) is 8.42 Å². The highest BCUT2D eigenvalue weighted by molar-refractivity contribution is 7.89. The Morgan fingerprint density at radius 3 is 2.35 bits per heavy atom. The van der Waals surface area contributed by atoms with Crippen LogP contribution < -0.4 is 18.9 Å². The van der Waals surface area contributed by atoms with Gasteiger partial charge in [-0.2, -0.15) is 4.31 Å². The van der Waals surface area contributed by atoms with Crippen LogP contribution in [0.1, 0.15) is 11.1 Å². The van der Waals surface area contributed by atoms with Gasteiger partial charge in [0.2, 0.25) is 16.8 Å². The molecule has 0 fully saturated rings. The van der Waals surface area contributed by atoms with E-state index in [1.54, 1.807) is 6.07 Å². The first-order valence-electron chi connectivity index (χ1n) is 8.16. The van der Waals surface area contributed by atoms with Crippen LogP contribution in [0, 0.1) is 0 Å². The van der Waals surface area contributed by atoms with Crippen molar-refractivity contribution in [1.29, 1.82) is 0 Å². The average molecular weight is 377 g/mol. The van der Waals surface area contributed by atoms with Gasteiger partial charge in [-0.15, -0.1) is 0 Å². The van der Waals surface area contributed by atoms with Crippen molar-refractivity contribution in [2.75, 3.05) is 27.6 Å². The first-order valence-corrected chi connectivity index (χ1v) is 9.60. The molecule has 0 amide bonds. The number of hydrogen-bond acceptors (Lipinski definition) is 6. The Bertz CT molecular complexity index is 956. The van der Waals surface area contributed by atoms with E-state index in [-0.39, 0.29) is 11.7 Å². The van der Waals surface area contributed by atoms with Gasteiger partial charge in [-0.3, -0.25) is 0 Å². The van der Waals surface area contributed by atoms with Gasteiger partial charge in [0.1, 0.15) is 0 Å². The fourth-order valence-corrected chi connectivity index (χ4v) is 4.69. The van der Waals surface area contributed by atoms with Crippen LogP contribution >= 0.6 is 0 Å². The molecule has 0 bridgehead atoms. The standard InChI is InChI=1S/C18H19NO6S/c1-22-15-4-3-14(9-16(15)23-2)26(20,21)19-6-5-12-7-17-18(25-11-24-17)8-13(12)10-19/h3-4,7-9H,5-6,10-11H2,1-2H3. The lowest BCUT2D eigenvalue weighted by Crippen LogP contribution is -2.35. The average Bonchev–Trinajstić information content (AvgIpc) is 3.12. The second kappa shape index (κ2) is 6.37. The van der Waals surface area contributed by atoms with E-state index in [1.165, 1.54) is 30.7 Å². The summed E-state index contributed by atoms with van der Waals surface area (Å²) in [7, 11) is -0.659. The van der Waals surface area contributed by atoms with Crippen LogP contribution in [-0.2, 0) is 23.0 Å². The highest BCUT2D eigenvalue weighted by atomic mass is 32.2. The zero-order chi connectivity index (χ0) is 18.3. The lowest BCUT2D eigenvalue weighted by Gasteiger charge is -2.28. The monoisotopic (exact) mass is 377 g/mol. The van der Waals surface area contributed by atoms with E-state index in [0.717, 1.165) is 16.9 Å². The van der Waals surface area contributed by atoms with Gasteiger partial charge in [0.05, 0.1) is 19.1 Å². The molecule has 0 unspecified atom stereocenters. The fourth-order valence-electron chi connectivity index (χ4n) is 3.25. The van der Waals surface area contributed by atoms with Crippen molar-refractivity contribution in [1.82, 2.24) is 4.31 Å². The molecule has 0 radical (unpaired) electrons. The predicted molar refractivity (Wildman–Crippen MR) is 93.4 cm³/mol. The van der Waals surface area contributed by atoms with Gasteiger partial charge < -0.3 is 18.9 Å². The van der Waals surface area contributed by atoms with Crippen LogP contribution in [-0.4, -0.2) is 40.3 Å². The van der Waals surface area contributed by atoms with Gasteiger partial charge in [0.25, 0.3) is 0 Å². The Morgan fingerprint density at radius 2 is 1.65 bits per heavy atom. The van der Waals surface area contributed by atoms with Gasteiger partial charge in [-0.25, -0.2) is 8.42 Å². The van der Waals surface area contributed by atoms with Crippen molar-refractivity contribution >= 4 is 10.0 Å². The molecule has 8 heteroatoms. The maximum atomic E-state index is 13.1. The number of hydrogen-bond donors (Lipinski definition) is 0. The number of rotatable bonds is 4. The van der Waals surface area contributed by atoms with Crippen LogP contribution in [0.5, 0.6) is 23.0 Å². The topological polar surface area (TPSA) is 74.3 Å². The van der Waals surface area contributed by atoms with E-state index in [4.69, 9.17) is 18.9 Å².